The quantitative estimate of drug-likeness (QED) is 0.735. The van der Waals surface area contributed by atoms with Crippen molar-refractivity contribution in [3.8, 4) is 5.75 Å². The molecule has 0 spiro atoms. The Bertz CT molecular complexity index is 768. The number of aromatic carboxylic acids is 1. The van der Waals surface area contributed by atoms with E-state index < -0.39 is 5.97 Å². The third-order valence-corrected chi connectivity index (χ3v) is 4.38. The molecule has 3 rings (SSSR count). The number of aromatic amines is 1. The molecule has 0 bridgehead atoms. The van der Waals surface area contributed by atoms with Crippen LogP contribution in [0.1, 0.15) is 39.9 Å². The molecule has 1 aromatic heterocycles. The molecule has 138 valence electrons. The van der Waals surface area contributed by atoms with Crippen LogP contribution in [0.2, 0.25) is 0 Å². The lowest BCUT2D eigenvalue weighted by Gasteiger charge is -2.32. The van der Waals surface area contributed by atoms with Gasteiger partial charge in [0.2, 0.25) is 0 Å². The first-order valence-corrected chi connectivity index (χ1v) is 8.63. The number of aryl methyl sites for hydroxylation is 1. The molecule has 2 atom stereocenters. The lowest BCUT2D eigenvalue weighted by Crippen LogP contribution is -2.51. The number of hydrogen-bond acceptors (Lipinski definition) is 4. The van der Waals surface area contributed by atoms with E-state index in [4.69, 9.17) is 14.6 Å². The molecule has 1 saturated heterocycles. The lowest BCUT2D eigenvalue weighted by atomic mass is 10.1. The van der Waals surface area contributed by atoms with Crippen LogP contribution in [-0.4, -0.2) is 47.3 Å². The monoisotopic (exact) mass is 358 g/mol. The fourth-order valence-corrected chi connectivity index (χ4v) is 2.87. The van der Waals surface area contributed by atoms with Crippen molar-refractivity contribution in [2.24, 2.45) is 0 Å². The molecule has 3 N–H and O–H groups in total. The van der Waals surface area contributed by atoms with E-state index in [9.17, 15) is 9.59 Å². The van der Waals surface area contributed by atoms with Crippen LogP contribution in [0.4, 0.5) is 0 Å². The summed E-state index contributed by atoms with van der Waals surface area (Å²) in [6.45, 7) is 2.93. The molecule has 7 heteroatoms. The number of nitrogens with one attached hydrogen (secondary N) is 2. The molecule has 1 aliphatic rings. The van der Waals surface area contributed by atoms with Crippen LogP contribution in [0.15, 0.2) is 36.4 Å². The first-order chi connectivity index (χ1) is 12.6. The summed E-state index contributed by atoms with van der Waals surface area (Å²) in [5.74, 6) is -0.621. The maximum atomic E-state index is 12.5. The molecule has 0 saturated carbocycles. The van der Waals surface area contributed by atoms with Gasteiger partial charge in [-0.05, 0) is 49.2 Å². The molecular weight excluding hydrogens is 336 g/mol. The van der Waals surface area contributed by atoms with E-state index in [1.807, 2.05) is 13.0 Å². The third kappa shape index (κ3) is 4.23. The van der Waals surface area contributed by atoms with Crippen LogP contribution < -0.4 is 10.1 Å². The summed E-state index contributed by atoms with van der Waals surface area (Å²) in [6, 6.07) is 9.67. The summed E-state index contributed by atoms with van der Waals surface area (Å²) in [7, 11) is 0. The zero-order valence-corrected chi connectivity index (χ0v) is 14.5. The van der Waals surface area contributed by atoms with Gasteiger partial charge in [0.1, 0.15) is 17.5 Å². The van der Waals surface area contributed by atoms with Gasteiger partial charge in [-0.2, -0.15) is 0 Å². The molecule has 2 heterocycles. The Balaban J connectivity index is 1.65. The van der Waals surface area contributed by atoms with E-state index in [0.717, 1.165) is 12.1 Å². The summed E-state index contributed by atoms with van der Waals surface area (Å²) in [5, 5.41) is 12.0. The number of carboxylic acids is 1. The number of aromatic nitrogens is 1. The molecule has 2 aromatic rings. The number of carbonyl (C=O) groups is 2. The maximum absolute atomic E-state index is 12.5. The summed E-state index contributed by atoms with van der Waals surface area (Å²) < 4.78 is 11.4. The van der Waals surface area contributed by atoms with Crippen molar-refractivity contribution in [2.45, 2.75) is 31.9 Å². The largest absolute Gasteiger partial charge is 0.486 e. The van der Waals surface area contributed by atoms with Crippen molar-refractivity contribution in [3.05, 3.63) is 53.3 Å². The number of rotatable bonds is 6. The maximum Gasteiger partial charge on any atom is 0.335 e. The average Bonchev–Trinajstić information content (AvgIpc) is 3.13. The first-order valence-electron chi connectivity index (χ1n) is 8.63. The minimum absolute atomic E-state index is 0.175. The zero-order valence-electron chi connectivity index (χ0n) is 14.5. The molecule has 7 nitrogen and oxygen atoms in total. The van der Waals surface area contributed by atoms with Crippen molar-refractivity contribution in [1.29, 1.82) is 0 Å². The van der Waals surface area contributed by atoms with Gasteiger partial charge >= 0.3 is 5.97 Å². The fraction of sp³-hybridized carbons (Fsp3) is 0.368. The molecule has 26 heavy (non-hydrogen) atoms. The number of carbonyl (C=O) groups excluding carboxylic acids is 1. The summed E-state index contributed by atoms with van der Waals surface area (Å²) >= 11 is 0. The second kappa shape index (κ2) is 8.05. The van der Waals surface area contributed by atoms with Crippen LogP contribution in [-0.2, 0) is 11.2 Å². The van der Waals surface area contributed by atoms with Crippen molar-refractivity contribution in [3.63, 3.8) is 0 Å². The number of amides is 1. The molecular formula is C19H22N2O5. The smallest absolute Gasteiger partial charge is 0.335 e. The Morgan fingerprint density at radius 2 is 2.04 bits per heavy atom. The van der Waals surface area contributed by atoms with Gasteiger partial charge in [0.15, 0.2) is 0 Å². The van der Waals surface area contributed by atoms with Crippen LogP contribution in [0.25, 0.3) is 0 Å². The Kier molecular flexibility index (Phi) is 5.58. The van der Waals surface area contributed by atoms with Crippen LogP contribution >= 0.6 is 0 Å². The van der Waals surface area contributed by atoms with Crippen LogP contribution in [0, 0.1) is 0 Å². The van der Waals surface area contributed by atoms with E-state index in [1.54, 1.807) is 18.2 Å². The lowest BCUT2D eigenvalue weighted by molar-refractivity contribution is -0.0135. The van der Waals surface area contributed by atoms with Gasteiger partial charge in [0, 0.05) is 12.3 Å². The van der Waals surface area contributed by atoms with Gasteiger partial charge in [-0.3, -0.25) is 4.79 Å². The minimum atomic E-state index is -0.986. The van der Waals surface area contributed by atoms with Gasteiger partial charge in [0.25, 0.3) is 5.91 Å². The molecule has 0 unspecified atom stereocenters. The molecule has 1 amide bonds. The number of benzene rings is 1. The highest BCUT2D eigenvalue weighted by atomic mass is 16.5. The standard InChI is InChI=1S/C19H22N2O5/c1-2-13-5-8-16(20-13)18(22)21-15-9-10-25-11-17(15)26-14-6-3-12(4-7-14)19(23)24/h3-8,15,17,20H,2,9-11H2,1H3,(H,21,22)(H,23,24)/t15-,17-/m1/s1. The second-order valence-electron chi connectivity index (χ2n) is 6.18. The SMILES string of the molecule is CCc1ccc(C(=O)N[C@@H]2CCOC[C@H]2Oc2ccc(C(=O)O)cc2)[nH]1. The fourth-order valence-electron chi connectivity index (χ4n) is 2.87. The van der Waals surface area contributed by atoms with Gasteiger partial charge in [0.05, 0.1) is 18.2 Å². The minimum Gasteiger partial charge on any atom is -0.486 e. The number of carboxylic acid groups (broad SMARTS) is 1. The molecule has 0 radical (unpaired) electrons. The van der Waals surface area contributed by atoms with E-state index in [0.29, 0.717) is 31.1 Å². The summed E-state index contributed by atoms with van der Waals surface area (Å²) in [5.41, 5.74) is 1.73. The topological polar surface area (TPSA) is 101 Å². The summed E-state index contributed by atoms with van der Waals surface area (Å²) in [4.78, 5) is 26.5. The highest BCUT2D eigenvalue weighted by Gasteiger charge is 2.29. The Morgan fingerprint density at radius 3 is 2.69 bits per heavy atom. The van der Waals surface area contributed by atoms with Gasteiger partial charge in [-0.15, -0.1) is 0 Å². The predicted octanol–water partition coefficient (Wildman–Crippen LogP) is 2.24. The number of hydrogen-bond donors (Lipinski definition) is 3. The van der Waals surface area contributed by atoms with Crippen molar-refractivity contribution < 1.29 is 24.2 Å². The predicted molar refractivity (Wildman–Crippen MR) is 94.7 cm³/mol. The van der Waals surface area contributed by atoms with E-state index in [1.165, 1.54) is 12.1 Å². The Labute approximate surface area is 151 Å². The molecule has 1 fully saturated rings. The third-order valence-electron chi connectivity index (χ3n) is 4.38. The molecule has 0 aliphatic carbocycles. The highest BCUT2D eigenvalue weighted by molar-refractivity contribution is 5.92. The second-order valence-corrected chi connectivity index (χ2v) is 6.18. The average molecular weight is 358 g/mol. The van der Waals surface area contributed by atoms with Crippen LogP contribution in [0.5, 0.6) is 5.75 Å². The Hall–Kier alpha value is -2.80. The number of ether oxygens (including phenoxy) is 2. The molecule has 1 aromatic carbocycles. The van der Waals surface area contributed by atoms with Crippen LogP contribution in [0.3, 0.4) is 0 Å². The summed E-state index contributed by atoms with van der Waals surface area (Å²) in [6.07, 6.45) is 1.14. The van der Waals surface area contributed by atoms with Gasteiger partial charge in [-0.25, -0.2) is 4.79 Å². The molecule has 1 aliphatic heterocycles. The number of H-pyrrole nitrogens is 1. The van der Waals surface area contributed by atoms with Crippen molar-refractivity contribution in [2.75, 3.05) is 13.2 Å². The van der Waals surface area contributed by atoms with E-state index in [-0.39, 0.29) is 23.6 Å². The Morgan fingerprint density at radius 1 is 1.27 bits per heavy atom. The normalized spacial score (nSPS) is 19.7. The van der Waals surface area contributed by atoms with Crippen molar-refractivity contribution >= 4 is 11.9 Å². The zero-order chi connectivity index (χ0) is 18.5. The van der Waals surface area contributed by atoms with E-state index >= 15 is 0 Å². The van der Waals surface area contributed by atoms with Gasteiger partial charge in [-0.1, -0.05) is 6.92 Å². The van der Waals surface area contributed by atoms with Crippen molar-refractivity contribution in [1.82, 2.24) is 10.3 Å². The van der Waals surface area contributed by atoms with E-state index in [2.05, 4.69) is 10.3 Å². The highest BCUT2D eigenvalue weighted by Crippen LogP contribution is 2.19. The van der Waals surface area contributed by atoms with Gasteiger partial charge < -0.3 is 24.9 Å². The first kappa shape index (κ1) is 18.0.